The SMILES string of the molecule is COc1ccc(CNC(=O)CSc2nnc3n(Cc4ccc(F)cc4)c4ccccc4n23)cc1. The second-order valence-corrected chi connectivity index (χ2v) is 8.68. The molecule has 0 atom stereocenters. The third-order valence-electron chi connectivity index (χ3n) is 5.51. The van der Waals surface area contributed by atoms with E-state index in [2.05, 4.69) is 15.5 Å². The molecule has 0 bridgehead atoms. The molecule has 7 nitrogen and oxygen atoms in total. The molecular formula is C25H22FN5O2S. The fourth-order valence-electron chi connectivity index (χ4n) is 3.78. The van der Waals surface area contributed by atoms with Crippen LogP contribution in [0.15, 0.2) is 78.0 Å². The Kier molecular flexibility index (Phi) is 6.18. The summed E-state index contributed by atoms with van der Waals surface area (Å²) in [5, 5.41) is 12.3. The minimum absolute atomic E-state index is 0.0902. The summed E-state index contributed by atoms with van der Waals surface area (Å²) in [5.74, 6) is 1.31. The zero-order valence-corrected chi connectivity index (χ0v) is 19.3. The highest BCUT2D eigenvalue weighted by Gasteiger charge is 2.18. The lowest BCUT2D eigenvalue weighted by atomic mass is 10.2. The fraction of sp³-hybridized carbons (Fsp3) is 0.160. The van der Waals surface area contributed by atoms with Crippen molar-refractivity contribution in [3.63, 3.8) is 0 Å². The number of carbonyl (C=O) groups excluding carboxylic acids is 1. The first-order chi connectivity index (χ1) is 16.6. The van der Waals surface area contributed by atoms with Gasteiger partial charge in [-0.15, -0.1) is 10.2 Å². The lowest BCUT2D eigenvalue weighted by Gasteiger charge is -2.06. The van der Waals surface area contributed by atoms with Crippen molar-refractivity contribution in [2.45, 2.75) is 18.2 Å². The molecular weight excluding hydrogens is 453 g/mol. The minimum Gasteiger partial charge on any atom is -0.497 e. The topological polar surface area (TPSA) is 73.4 Å². The number of hydrogen-bond acceptors (Lipinski definition) is 5. The average molecular weight is 476 g/mol. The monoisotopic (exact) mass is 475 g/mol. The van der Waals surface area contributed by atoms with Gasteiger partial charge in [-0.25, -0.2) is 4.39 Å². The number of para-hydroxylation sites is 2. The number of imidazole rings is 1. The van der Waals surface area contributed by atoms with Gasteiger partial charge < -0.3 is 14.6 Å². The molecule has 0 unspecified atom stereocenters. The minimum atomic E-state index is -0.266. The summed E-state index contributed by atoms with van der Waals surface area (Å²) in [6, 6.07) is 22.0. The third kappa shape index (κ3) is 4.47. The molecule has 0 spiro atoms. The summed E-state index contributed by atoms with van der Waals surface area (Å²) in [6.07, 6.45) is 0. The third-order valence-corrected chi connectivity index (χ3v) is 6.44. The van der Waals surface area contributed by atoms with E-state index in [4.69, 9.17) is 4.74 Å². The standard InChI is InChI=1S/C25H22FN5O2S/c1-33-20-12-8-17(9-13-20)14-27-23(32)16-34-25-29-28-24-30(15-18-6-10-19(26)11-7-18)21-4-2-3-5-22(21)31(24)25/h2-13H,14-16H2,1H3,(H,27,32). The Bertz CT molecular complexity index is 1440. The van der Waals surface area contributed by atoms with Crippen LogP contribution in [0.5, 0.6) is 5.75 Å². The predicted octanol–water partition coefficient (Wildman–Crippen LogP) is 4.29. The van der Waals surface area contributed by atoms with E-state index in [1.54, 1.807) is 19.2 Å². The number of thioether (sulfide) groups is 1. The summed E-state index contributed by atoms with van der Waals surface area (Å²) in [5.41, 5.74) is 3.89. The van der Waals surface area contributed by atoms with Crippen LogP contribution in [0.1, 0.15) is 11.1 Å². The highest BCUT2D eigenvalue weighted by molar-refractivity contribution is 7.99. The van der Waals surface area contributed by atoms with E-state index in [0.717, 1.165) is 27.9 Å². The number of hydrogen-bond donors (Lipinski definition) is 1. The molecule has 0 fully saturated rings. The molecule has 2 heterocycles. The number of halogens is 1. The van der Waals surface area contributed by atoms with E-state index >= 15 is 0 Å². The van der Waals surface area contributed by atoms with Crippen LogP contribution >= 0.6 is 11.8 Å². The second-order valence-electron chi connectivity index (χ2n) is 7.73. The van der Waals surface area contributed by atoms with Gasteiger partial charge >= 0.3 is 0 Å². The lowest BCUT2D eigenvalue weighted by Crippen LogP contribution is -2.24. The van der Waals surface area contributed by atoms with Gasteiger partial charge in [-0.05, 0) is 47.5 Å². The van der Waals surface area contributed by atoms with E-state index in [9.17, 15) is 9.18 Å². The zero-order chi connectivity index (χ0) is 23.5. The molecule has 172 valence electrons. The van der Waals surface area contributed by atoms with Crippen molar-refractivity contribution in [1.29, 1.82) is 0 Å². The van der Waals surface area contributed by atoms with Crippen molar-refractivity contribution in [1.82, 2.24) is 24.5 Å². The summed E-state index contributed by atoms with van der Waals surface area (Å²) in [7, 11) is 1.62. The van der Waals surface area contributed by atoms with E-state index in [-0.39, 0.29) is 17.5 Å². The van der Waals surface area contributed by atoms with Crippen molar-refractivity contribution in [3.8, 4) is 5.75 Å². The number of benzene rings is 3. The summed E-state index contributed by atoms with van der Waals surface area (Å²) in [4.78, 5) is 12.5. The van der Waals surface area contributed by atoms with Crippen LogP contribution < -0.4 is 10.1 Å². The highest BCUT2D eigenvalue weighted by atomic mass is 32.2. The van der Waals surface area contributed by atoms with Crippen LogP contribution in [0, 0.1) is 5.82 Å². The van der Waals surface area contributed by atoms with Gasteiger partial charge in [0.2, 0.25) is 11.7 Å². The largest absolute Gasteiger partial charge is 0.497 e. The Balaban J connectivity index is 1.33. The maximum Gasteiger partial charge on any atom is 0.237 e. The summed E-state index contributed by atoms with van der Waals surface area (Å²) >= 11 is 1.34. The molecule has 0 saturated carbocycles. The van der Waals surface area contributed by atoms with Crippen LogP contribution in [-0.2, 0) is 17.9 Å². The van der Waals surface area contributed by atoms with Gasteiger partial charge in [0.15, 0.2) is 5.16 Å². The molecule has 34 heavy (non-hydrogen) atoms. The van der Waals surface area contributed by atoms with Crippen LogP contribution in [0.25, 0.3) is 16.8 Å². The number of aromatic nitrogens is 4. The second kappa shape index (κ2) is 9.56. The molecule has 5 aromatic rings. The van der Waals surface area contributed by atoms with Crippen LogP contribution in [-0.4, -0.2) is 37.9 Å². The maximum atomic E-state index is 13.3. The van der Waals surface area contributed by atoms with Gasteiger partial charge in [0.1, 0.15) is 11.6 Å². The van der Waals surface area contributed by atoms with Gasteiger partial charge in [0.05, 0.1) is 30.4 Å². The molecule has 2 aromatic heterocycles. The Morgan fingerprint density at radius 1 is 0.971 bits per heavy atom. The van der Waals surface area contributed by atoms with E-state index in [1.165, 1.54) is 23.9 Å². The molecule has 5 rings (SSSR count). The maximum absolute atomic E-state index is 13.3. The van der Waals surface area contributed by atoms with E-state index in [1.807, 2.05) is 57.5 Å². The first-order valence-electron chi connectivity index (χ1n) is 10.7. The number of carbonyl (C=O) groups is 1. The first kappa shape index (κ1) is 22.0. The number of ether oxygens (including phenoxy) is 1. The Hall–Kier alpha value is -3.85. The Morgan fingerprint density at radius 2 is 1.68 bits per heavy atom. The van der Waals surface area contributed by atoms with Gasteiger partial charge in [0.25, 0.3) is 0 Å². The normalized spacial score (nSPS) is 11.2. The number of rotatable bonds is 8. The highest BCUT2D eigenvalue weighted by Crippen LogP contribution is 2.26. The first-order valence-corrected chi connectivity index (χ1v) is 11.7. The molecule has 3 aromatic carbocycles. The average Bonchev–Trinajstić information content (AvgIpc) is 3.42. The smallest absolute Gasteiger partial charge is 0.237 e. The quantitative estimate of drug-likeness (QED) is 0.339. The molecule has 0 aliphatic heterocycles. The van der Waals surface area contributed by atoms with Gasteiger partial charge in [-0.1, -0.05) is 48.2 Å². The van der Waals surface area contributed by atoms with Gasteiger partial charge in [0, 0.05) is 6.54 Å². The van der Waals surface area contributed by atoms with Crippen LogP contribution in [0.3, 0.4) is 0 Å². The van der Waals surface area contributed by atoms with Crippen molar-refractivity contribution < 1.29 is 13.9 Å². The molecule has 9 heteroatoms. The summed E-state index contributed by atoms with van der Waals surface area (Å²) in [6.45, 7) is 0.970. The number of nitrogens with one attached hydrogen (secondary N) is 1. The molecule has 0 saturated heterocycles. The molecule has 1 amide bonds. The number of nitrogens with zero attached hydrogens (tertiary/aromatic N) is 4. The van der Waals surface area contributed by atoms with E-state index < -0.39 is 0 Å². The van der Waals surface area contributed by atoms with Crippen molar-refractivity contribution >= 4 is 34.5 Å². The van der Waals surface area contributed by atoms with Crippen molar-refractivity contribution in [2.24, 2.45) is 0 Å². The van der Waals surface area contributed by atoms with Crippen molar-refractivity contribution in [2.75, 3.05) is 12.9 Å². The number of fused-ring (bicyclic) bond motifs is 3. The van der Waals surface area contributed by atoms with Crippen LogP contribution in [0.2, 0.25) is 0 Å². The zero-order valence-electron chi connectivity index (χ0n) is 18.4. The summed E-state index contributed by atoms with van der Waals surface area (Å²) < 4.78 is 22.5. The molecule has 0 aliphatic rings. The Morgan fingerprint density at radius 3 is 2.41 bits per heavy atom. The van der Waals surface area contributed by atoms with Crippen LogP contribution in [0.4, 0.5) is 4.39 Å². The number of amides is 1. The number of methoxy groups -OCH3 is 1. The Labute approximate surface area is 199 Å². The fourth-order valence-corrected chi connectivity index (χ4v) is 4.55. The lowest BCUT2D eigenvalue weighted by molar-refractivity contribution is -0.118. The molecule has 0 radical (unpaired) electrons. The van der Waals surface area contributed by atoms with Crippen molar-refractivity contribution in [3.05, 3.63) is 89.7 Å². The van der Waals surface area contributed by atoms with Gasteiger partial charge in [-0.3, -0.25) is 9.20 Å². The molecule has 0 aliphatic carbocycles. The predicted molar refractivity (Wildman–Crippen MR) is 130 cm³/mol. The van der Waals surface area contributed by atoms with Gasteiger partial charge in [-0.2, -0.15) is 0 Å². The molecule has 1 N–H and O–H groups in total. The van der Waals surface area contributed by atoms with E-state index in [0.29, 0.717) is 24.0 Å².